The van der Waals surface area contributed by atoms with E-state index in [4.69, 9.17) is 16.3 Å². The molecule has 6 nitrogen and oxygen atoms in total. The fourth-order valence-corrected chi connectivity index (χ4v) is 7.53. The minimum Gasteiger partial charge on any atom is -0.490 e. The molecule has 0 amide bonds. The van der Waals surface area contributed by atoms with Gasteiger partial charge in [-0.15, -0.1) is 0 Å². The van der Waals surface area contributed by atoms with Gasteiger partial charge in [0.2, 0.25) is 0 Å². The van der Waals surface area contributed by atoms with Crippen LogP contribution in [0.2, 0.25) is 5.02 Å². The van der Waals surface area contributed by atoms with Gasteiger partial charge in [0.1, 0.15) is 10.6 Å². The zero-order chi connectivity index (χ0) is 26.9. The van der Waals surface area contributed by atoms with E-state index < -0.39 is 78.6 Å². The Morgan fingerprint density at radius 2 is 1.67 bits per heavy atom. The Hall–Kier alpha value is -1.96. The quantitative estimate of drug-likeness (QED) is 0.409. The highest BCUT2D eigenvalue weighted by Crippen LogP contribution is 2.54. The molecule has 0 aliphatic carbocycles. The summed E-state index contributed by atoms with van der Waals surface area (Å²) in [7, 11) is -10.3. The van der Waals surface area contributed by atoms with Gasteiger partial charge in [-0.1, -0.05) is 31.4 Å². The maximum atomic E-state index is 15.3. The largest absolute Gasteiger partial charge is 0.511 e. The van der Waals surface area contributed by atoms with Gasteiger partial charge in [-0.25, -0.2) is 30.3 Å². The predicted octanol–water partition coefficient (Wildman–Crippen LogP) is 5.32. The Morgan fingerprint density at radius 3 is 2.25 bits per heavy atom. The maximum Gasteiger partial charge on any atom is 0.511 e. The average molecular weight is 576 g/mol. The molecule has 1 aliphatic rings. The van der Waals surface area contributed by atoms with E-state index in [2.05, 4.69) is 0 Å². The summed E-state index contributed by atoms with van der Waals surface area (Å²) in [5.74, 6) is -3.91. The molecule has 14 heteroatoms. The number of fused-ring (bicyclic) bond motifs is 1. The Labute approximate surface area is 210 Å². The lowest BCUT2D eigenvalue weighted by Gasteiger charge is -2.44. The molecule has 0 unspecified atom stereocenters. The highest BCUT2D eigenvalue weighted by atomic mass is 35.5. The Kier molecular flexibility index (Phi) is 8.28. The molecule has 2 aromatic carbocycles. The van der Waals surface area contributed by atoms with E-state index in [0.29, 0.717) is 6.42 Å². The third-order valence-corrected chi connectivity index (χ3v) is 10.2. The van der Waals surface area contributed by atoms with Crippen molar-refractivity contribution in [2.45, 2.75) is 47.8 Å². The van der Waals surface area contributed by atoms with Crippen LogP contribution in [0.3, 0.4) is 0 Å². The fourth-order valence-electron chi connectivity index (χ4n) is 4.44. The van der Waals surface area contributed by atoms with Crippen molar-refractivity contribution in [2.24, 2.45) is 5.92 Å². The molecule has 200 valence electrons. The Balaban J connectivity index is 2.21. The maximum absolute atomic E-state index is 15.3. The summed E-state index contributed by atoms with van der Waals surface area (Å²) >= 11 is 5.89. The summed E-state index contributed by atoms with van der Waals surface area (Å²) in [6, 6.07) is 6.53. The van der Waals surface area contributed by atoms with Gasteiger partial charge in [0.15, 0.2) is 21.4 Å². The van der Waals surface area contributed by atoms with Crippen LogP contribution in [0.1, 0.15) is 38.2 Å². The first-order chi connectivity index (χ1) is 16.7. The Bertz CT molecular complexity index is 1320. The second-order valence-electron chi connectivity index (χ2n) is 8.32. The number of sulfone groups is 1. The molecule has 0 radical (unpaired) electrons. The number of rotatable bonds is 9. The summed E-state index contributed by atoms with van der Waals surface area (Å²) in [6.07, 6.45) is -0.00541. The van der Waals surface area contributed by atoms with Gasteiger partial charge in [-0.3, -0.25) is 0 Å². The molecule has 0 saturated carbocycles. The first kappa shape index (κ1) is 28.6. The zero-order valence-corrected chi connectivity index (χ0v) is 21.3. The second kappa shape index (κ2) is 10.4. The van der Waals surface area contributed by atoms with Crippen LogP contribution in [0.15, 0.2) is 41.3 Å². The molecule has 3 rings (SSSR count). The Morgan fingerprint density at radius 1 is 1.06 bits per heavy atom. The van der Waals surface area contributed by atoms with E-state index in [-0.39, 0.29) is 22.8 Å². The molecule has 36 heavy (non-hydrogen) atoms. The van der Waals surface area contributed by atoms with E-state index in [1.165, 1.54) is 29.0 Å². The highest BCUT2D eigenvalue weighted by molar-refractivity contribution is 7.92. The van der Waals surface area contributed by atoms with Crippen molar-refractivity contribution < 1.29 is 43.5 Å². The fraction of sp³-hybridized carbons (Fsp3) is 0.455. The molecule has 0 bridgehead atoms. The van der Waals surface area contributed by atoms with Crippen LogP contribution in [0.25, 0.3) is 0 Å². The number of halogens is 6. The first-order valence-electron chi connectivity index (χ1n) is 10.9. The minimum absolute atomic E-state index is 0.220. The molecule has 2 atom stereocenters. The third kappa shape index (κ3) is 5.07. The van der Waals surface area contributed by atoms with Crippen molar-refractivity contribution in [3.63, 3.8) is 0 Å². The number of sulfonamides is 1. The molecular formula is C22H23ClF5NO5S2. The summed E-state index contributed by atoms with van der Waals surface area (Å²) < 4.78 is 124. The van der Waals surface area contributed by atoms with Crippen molar-refractivity contribution in [2.75, 3.05) is 13.2 Å². The SMILES string of the molecule is CCCC[C@@]1(S(=O)(=O)c2ccc(Cl)cc2)c2c(F)ccc(F)c2OC[C@H]1CCNS(=O)(=O)C(F)(F)F. The van der Waals surface area contributed by atoms with Crippen LogP contribution >= 0.6 is 11.6 Å². The number of nitrogens with one attached hydrogen (secondary N) is 1. The van der Waals surface area contributed by atoms with Crippen molar-refractivity contribution in [1.29, 1.82) is 0 Å². The van der Waals surface area contributed by atoms with Gasteiger partial charge in [-0.05, 0) is 49.2 Å². The van der Waals surface area contributed by atoms with Crippen LogP contribution in [0.4, 0.5) is 22.0 Å². The standard InChI is InChI=1S/C22H23ClF5NO5S2/c1-2-3-11-21(35(30,31)16-6-4-15(23)5-7-16)14(10-12-29-36(32,33)22(26,27)28)13-34-20-18(25)9-8-17(24)19(20)21/h4-9,14,29H,2-3,10-13H2,1H3/t14-,21+/m1/s1. The van der Waals surface area contributed by atoms with E-state index in [1.807, 2.05) is 0 Å². The highest BCUT2D eigenvalue weighted by Gasteiger charge is 2.57. The number of unbranched alkanes of at least 4 members (excludes halogenated alkanes) is 1. The van der Waals surface area contributed by atoms with Crippen molar-refractivity contribution in [3.8, 4) is 5.75 Å². The number of hydrogen-bond acceptors (Lipinski definition) is 5. The van der Waals surface area contributed by atoms with Crippen LogP contribution in [0, 0.1) is 17.6 Å². The van der Waals surface area contributed by atoms with Crippen LogP contribution in [-0.4, -0.2) is 35.5 Å². The van der Waals surface area contributed by atoms with Crippen LogP contribution < -0.4 is 9.46 Å². The molecule has 1 aliphatic heterocycles. The zero-order valence-electron chi connectivity index (χ0n) is 18.9. The van der Waals surface area contributed by atoms with E-state index in [9.17, 15) is 34.4 Å². The lowest BCUT2D eigenvalue weighted by atomic mass is 9.77. The first-order valence-corrected chi connectivity index (χ1v) is 14.2. The lowest BCUT2D eigenvalue weighted by molar-refractivity contribution is -0.0448. The minimum atomic E-state index is -5.71. The number of ether oxygens (including phenoxy) is 1. The van der Waals surface area contributed by atoms with Gasteiger partial charge in [-0.2, -0.15) is 13.2 Å². The smallest absolute Gasteiger partial charge is 0.490 e. The van der Waals surface area contributed by atoms with Gasteiger partial charge in [0.25, 0.3) is 0 Å². The van der Waals surface area contributed by atoms with Crippen LogP contribution in [0.5, 0.6) is 5.75 Å². The summed E-state index contributed by atoms with van der Waals surface area (Å²) in [6.45, 7) is 0.432. The van der Waals surface area contributed by atoms with E-state index in [1.54, 1.807) is 6.92 Å². The molecular weight excluding hydrogens is 553 g/mol. The average Bonchev–Trinajstić information content (AvgIpc) is 2.79. The van der Waals surface area contributed by atoms with Crippen molar-refractivity contribution >= 4 is 31.5 Å². The number of benzene rings is 2. The molecule has 0 saturated heterocycles. The topological polar surface area (TPSA) is 89.5 Å². The second-order valence-corrected chi connectivity index (χ2v) is 12.7. The van der Waals surface area contributed by atoms with E-state index >= 15 is 4.39 Å². The van der Waals surface area contributed by atoms with Crippen molar-refractivity contribution in [1.82, 2.24) is 4.72 Å². The van der Waals surface area contributed by atoms with Crippen molar-refractivity contribution in [3.05, 3.63) is 58.6 Å². The lowest BCUT2D eigenvalue weighted by Crippen LogP contribution is -2.50. The molecule has 0 spiro atoms. The molecule has 1 heterocycles. The van der Waals surface area contributed by atoms with Gasteiger partial charge in [0.05, 0.1) is 17.1 Å². The summed E-state index contributed by atoms with van der Waals surface area (Å²) in [5.41, 5.74) is -6.15. The number of alkyl halides is 3. The molecule has 1 N–H and O–H groups in total. The number of hydrogen-bond donors (Lipinski definition) is 1. The normalized spacial score (nSPS) is 20.6. The third-order valence-electron chi connectivity index (χ3n) is 6.17. The predicted molar refractivity (Wildman–Crippen MR) is 123 cm³/mol. The molecule has 0 aromatic heterocycles. The van der Waals surface area contributed by atoms with Gasteiger partial charge < -0.3 is 4.74 Å². The van der Waals surface area contributed by atoms with Gasteiger partial charge >= 0.3 is 15.5 Å². The monoisotopic (exact) mass is 575 g/mol. The van der Waals surface area contributed by atoms with E-state index in [0.717, 1.165) is 12.1 Å². The molecule has 2 aromatic rings. The summed E-state index contributed by atoms with van der Waals surface area (Å²) in [5, 5.41) is 0.222. The van der Waals surface area contributed by atoms with Gasteiger partial charge in [0, 0.05) is 17.5 Å². The summed E-state index contributed by atoms with van der Waals surface area (Å²) in [4.78, 5) is -0.264. The van der Waals surface area contributed by atoms with Crippen LogP contribution in [-0.2, 0) is 24.6 Å². The molecule has 0 fully saturated rings.